The predicted octanol–water partition coefficient (Wildman–Crippen LogP) is 1.54. The summed E-state index contributed by atoms with van der Waals surface area (Å²) in [4.78, 5) is 11.2. The number of amides is 1. The smallest absolute Gasteiger partial charge is 0.407 e. The van der Waals surface area contributed by atoms with Crippen LogP contribution < -0.4 is 5.32 Å². The summed E-state index contributed by atoms with van der Waals surface area (Å²) >= 11 is 0. The van der Waals surface area contributed by atoms with Crippen molar-refractivity contribution in [1.82, 2.24) is 5.32 Å². The van der Waals surface area contributed by atoms with E-state index in [0.717, 1.165) is 5.56 Å². The normalized spacial score (nSPS) is 11.9. The number of alkyl carbamates (subject to hydrolysis) is 1. The van der Waals surface area contributed by atoms with E-state index in [1.165, 1.54) is 0 Å². The zero-order valence-corrected chi connectivity index (χ0v) is 9.35. The number of ether oxygens (including phenoxy) is 1. The van der Waals surface area contributed by atoms with Crippen LogP contribution in [0, 0.1) is 5.92 Å². The largest absolute Gasteiger partial charge is 0.449 e. The van der Waals surface area contributed by atoms with E-state index in [2.05, 4.69) is 5.32 Å². The molecule has 4 heteroatoms. The molecule has 1 atom stereocenters. The molecule has 0 aliphatic heterocycles. The van der Waals surface area contributed by atoms with Gasteiger partial charge in [-0.25, -0.2) is 4.79 Å². The lowest BCUT2D eigenvalue weighted by Crippen LogP contribution is -2.26. The van der Waals surface area contributed by atoms with Gasteiger partial charge in [0.15, 0.2) is 0 Å². The quantitative estimate of drug-likeness (QED) is 0.796. The second-order valence-corrected chi connectivity index (χ2v) is 3.73. The third-order valence-electron chi connectivity index (χ3n) is 2.09. The Bertz CT molecular complexity index is 313. The van der Waals surface area contributed by atoms with Crippen LogP contribution in [0.5, 0.6) is 0 Å². The number of carbonyl (C=O) groups excluding carboxylic acids is 1. The Morgan fingerprint density at radius 2 is 2.12 bits per heavy atom. The van der Waals surface area contributed by atoms with Crippen LogP contribution in [0.3, 0.4) is 0 Å². The summed E-state index contributed by atoms with van der Waals surface area (Å²) in [5.74, 6) is -0.0255. The molecule has 0 heterocycles. The van der Waals surface area contributed by atoms with Gasteiger partial charge in [0.1, 0.15) is 0 Å². The van der Waals surface area contributed by atoms with E-state index in [1.807, 2.05) is 37.3 Å². The molecular weight excluding hydrogens is 206 g/mol. The van der Waals surface area contributed by atoms with E-state index in [-0.39, 0.29) is 19.1 Å². The molecule has 0 aliphatic rings. The molecule has 1 unspecified atom stereocenters. The van der Waals surface area contributed by atoms with Crippen molar-refractivity contribution in [3.8, 4) is 0 Å². The van der Waals surface area contributed by atoms with Crippen LogP contribution in [0.2, 0.25) is 0 Å². The molecular formula is C12H17NO3. The van der Waals surface area contributed by atoms with Crippen LogP contribution in [-0.4, -0.2) is 24.4 Å². The summed E-state index contributed by atoms with van der Waals surface area (Å²) in [7, 11) is 0. The van der Waals surface area contributed by atoms with Gasteiger partial charge in [-0.3, -0.25) is 0 Å². The SMILES string of the molecule is CC(CO)COC(=O)NCc1ccccc1. The third-order valence-corrected chi connectivity index (χ3v) is 2.09. The first kappa shape index (κ1) is 12.5. The fourth-order valence-corrected chi connectivity index (χ4v) is 1.09. The maximum Gasteiger partial charge on any atom is 0.407 e. The summed E-state index contributed by atoms with van der Waals surface area (Å²) in [6.07, 6.45) is -0.454. The molecule has 1 aromatic rings. The molecule has 1 amide bonds. The predicted molar refractivity (Wildman–Crippen MR) is 60.9 cm³/mol. The van der Waals surface area contributed by atoms with Crippen molar-refractivity contribution in [3.05, 3.63) is 35.9 Å². The Morgan fingerprint density at radius 1 is 1.44 bits per heavy atom. The number of hydrogen-bond donors (Lipinski definition) is 2. The first-order valence-corrected chi connectivity index (χ1v) is 5.27. The van der Waals surface area contributed by atoms with Crippen molar-refractivity contribution in [2.75, 3.05) is 13.2 Å². The molecule has 0 fully saturated rings. The fraction of sp³-hybridized carbons (Fsp3) is 0.417. The summed E-state index contributed by atoms with van der Waals surface area (Å²) in [5, 5.41) is 11.4. The summed E-state index contributed by atoms with van der Waals surface area (Å²) in [6.45, 7) is 2.51. The minimum atomic E-state index is -0.454. The van der Waals surface area contributed by atoms with Crippen LogP contribution in [0.4, 0.5) is 4.79 Å². The second kappa shape index (κ2) is 6.85. The molecule has 0 spiro atoms. The van der Waals surface area contributed by atoms with Crippen LogP contribution in [0.15, 0.2) is 30.3 Å². The van der Waals surface area contributed by atoms with E-state index < -0.39 is 6.09 Å². The molecule has 2 N–H and O–H groups in total. The van der Waals surface area contributed by atoms with E-state index in [4.69, 9.17) is 9.84 Å². The molecule has 0 bridgehead atoms. The monoisotopic (exact) mass is 223 g/mol. The van der Waals surface area contributed by atoms with Crippen LogP contribution >= 0.6 is 0 Å². The van der Waals surface area contributed by atoms with E-state index in [9.17, 15) is 4.79 Å². The number of benzene rings is 1. The molecule has 1 rings (SSSR count). The van der Waals surface area contributed by atoms with Gasteiger partial charge in [-0.1, -0.05) is 37.3 Å². The van der Waals surface area contributed by atoms with Crippen molar-refractivity contribution in [1.29, 1.82) is 0 Å². The number of aliphatic hydroxyl groups is 1. The Kier molecular flexibility index (Phi) is 5.36. The van der Waals surface area contributed by atoms with Gasteiger partial charge in [-0.05, 0) is 5.56 Å². The van der Waals surface area contributed by atoms with Gasteiger partial charge < -0.3 is 15.2 Å². The lowest BCUT2D eigenvalue weighted by molar-refractivity contribution is 0.109. The van der Waals surface area contributed by atoms with Gasteiger partial charge >= 0.3 is 6.09 Å². The van der Waals surface area contributed by atoms with Crippen molar-refractivity contribution >= 4 is 6.09 Å². The molecule has 0 aromatic heterocycles. The standard InChI is InChI=1S/C12H17NO3/c1-10(8-14)9-16-12(15)13-7-11-5-3-2-4-6-11/h2-6,10,14H,7-9H2,1H3,(H,13,15). The fourth-order valence-electron chi connectivity index (χ4n) is 1.09. The van der Waals surface area contributed by atoms with Gasteiger partial charge in [0, 0.05) is 19.1 Å². The average molecular weight is 223 g/mol. The molecule has 0 saturated carbocycles. The van der Waals surface area contributed by atoms with Crippen molar-refractivity contribution in [2.24, 2.45) is 5.92 Å². The van der Waals surface area contributed by atoms with Gasteiger partial charge in [0.05, 0.1) is 6.61 Å². The molecule has 4 nitrogen and oxygen atoms in total. The lowest BCUT2D eigenvalue weighted by atomic mass is 10.2. The number of aliphatic hydroxyl groups excluding tert-OH is 1. The number of carbonyl (C=O) groups is 1. The zero-order valence-electron chi connectivity index (χ0n) is 9.35. The highest BCUT2D eigenvalue weighted by Gasteiger charge is 2.05. The van der Waals surface area contributed by atoms with Crippen molar-refractivity contribution < 1.29 is 14.6 Å². The first-order chi connectivity index (χ1) is 7.72. The summed E-state index contributed by atoms with van der Waals surface area (Å²) in [5.41, 5.74) is 1.02. The number of rotatable bonds is 5. The molecule has 16 heavy (non-hydrogen) atoms. The second-order valence-electron chi connectivity index (χ2n) is 3.73. The van der Waals surface area contributed by atoms with Crippen LogP contribution in [-0.2, 0) is 11.3 Å². The van der Waals surface area contributed by atoms with Gasteiger partial charge in [-0.15, -0.1) is 0 Å². The van der Waals surface area contributed by atoms with Crippen molar-refractivity contribution in [2.45, 2.75) is 13.5 Å². The third kappa shape index (κ3) is 4.79. The number of hydrogen-bond acceptors (Lipinski definition) is 3. The zero-order chi connectivity index (χ0) is 11.8. The highest BCUT2D eigenvalue weighted by atomic mass is 16.5. The van der Waals surface area contributed by atoms with Crippen LogP contribution in [0.1, 0.15) is 12.5 Å². The molecule has 88 valence electrons. The topological polar surface area (TPSA) is 58.6 Å². The molecule has 0 saturated heterocycles. The highest BCUT2D eigenvalue weighted by molar-refractivity contribution is 5.67. The van der Waals surface area contributed by atoms with Gasteiger partial charge in [0.25, 0.3) is 0 Å². The summed E-state index contributed by atoms with van der Waals surface area (Å²) in [6, 6.07) is 9.60. The average Bonchev–Trinajstić information content (AvgIpc) is 2.34. The molecule has 0 radical (unpaired) electrons. The van der Waals surface area contributed by atoms with E-state index in [0.29, 0.717) is 6.54 Å². The first-order valence-electron chi connectivity index (χ1n) is 5.27. The maximum absolute atomic E-state index is 11.2. The van der Waals surface area contributed by atoms with E-state index >= 15 is 0 Å². The Hall–Kier alpha value is -1.55. The molecule has 1 aromatic carbocycles. The van der Waals surface area contributed by atoms with Gasteiger partial charge in [-0.2, -0.15) is 0 Å². The number of nitrogens with one attached hydrogen (secondary N) is 1. The minimum absolute atomic E-state index is 0.0198. The Labute approximate surface area is 95.2 Å². The Morgan fingerprint density at radius 3 is 2.75 bits per heavy atom. The van der Waals surface area contributed by atoms with Crippen molar-refractivity contribution in [3.63, 3.8) is 0 Å². The molecule has 0 aliphatic carbocycles. The van der Waals surface area contributed by atoms with Gasteiger partial charge in [0.2, 0.25) is 0 Å². The summed E-state index contributed by atoms with van der Waals surface area (Å²) < 4.78 is 4.91. The lowest BCUT2D eigenvalue weighted by Gasteiger charge is -2.10. The Balaban J connectivity index is 2.20. The maximum atomic E-state index is 11.2. The minimum Gasteiger partial charge on any atom is -0.449 e. The van der Waals surface area contributed by atoms with Crippen LogP contribution in [0.25, 0.3) is 0 Å². The van der Waals surface area contributed by atoms with E-state index in [1.54, 1.807) is 0 Å². The highest BCUT2D eigenvalue weighted by Crippen LogP contribution is 1.98.